The van der Waals surface area contributed by atoms with Gasteiger partial charge in [-0.1, -0.05) is 12.1 Å². The molecule has 2 aliphatic carbocycles. The van der Waals surface area contributed by atoms with Crippen LogP contribution in [0.4, 0.5) is 0 Å². The molecule has 0 saturated carbocycles. The summed E-state index contributed by atoms with van der Waals surface area (Å²) in [5.74, 6) is -1.19. The van der Waals surface area contributed by atoms with Crippen LogP contribution in [0.5, 0.6) is 17.2 Å². The highest BCUT2D eigenvalue weighted by Crippen LogP contribution is 2.62. The van der Waals surface area contributed by atoms with Gasteiger partial charge in [0.25, 0.3) is 0 Å². The van der Waals surface area contributed by atoms with Crippen molar-refractivity contribution in [1.82, 2.24) is 0 Å². The lowest BCUT2D eigenvalue weighted by Crippen LogP contribution is -2.58. The number of carbonyl (C=O) groups excluding carboxylic acids is 1. The van der Waals surface area contributed by atoms with Crippen LogP contribution < -0.4 is 9.47 Å². The Morgan fingerprint density at radius 3 is 2.72 bits per heavy atom. The van der Waals surface area contributed by atoms with Crippen molar-refractivity contribution in [2.24, 2.45) is 0 Å². The molecular weight excluding hydrogens is 376 g/mol. The van der Waals surface area contributed by atoms with Crippen LogP contribution in [0.1, 0.15) is 58.8 Å². The molecule has 3 atom stereocenters. The van der Waals surface area contributed by atoms with Crippen molar-refractivity contribution in [1.29, 1.82) is 0 Å². The molecule has 6 rings (SSSR count). The fourth-order valence-corrected chi connectivity index (χ4v) is 5.15. The first-order valence-electron chi connectivity index (χ1n) is 9.79. The minimum Gasteiger partial charge on any atom is -0.507 e. The van der Waals surface area contributed by atoms with E-state index >= 15 is 0 Å². The zero-order valence-corrected chi connectivity index (χ0v) is 15.9. The number of carbonyl (C=O) groups is 1. The average Bonchev–Trinajstić information content (AvgIpc) is 2.72. The van der Waals surface area contributed by atoms with Crippen molar-refractivity contribution in [3.05, 3.63) is 52.6 Å². The molecule has 1 N–H and O–H groups in total. The summed E-state index contributed by atoms with van der Waals surface area (Å²) < 4.78 is 30.4. The molecule has 0 aromatic heterocycles. The highest BCUT2D eigenvalue weighted by molar-refractivity contribution is 6.02. The van der Waals surface area contributed by atoms with Gasteiger partial charge in [-0.2, -0.15) is 0 Å². The highest BCUT2D eigenvalue weighted by Gasteiger charge is 2.62. The number of hydrogen-bond acceptors (Lipinski definition) is 7. The normalized spacial score (nSPS) is 30.7. The Labute approximate surface area is 167 Å². The smallest absolute Gasteiger partial charge is 0.245 e. The molecule has 4 aliphatic rings. The van der Waals surface area contributed by atoms with Crippen molar-refractivity contribution in [2.75, 3.05) is 13.9 Å². The van der Waals surface area contributed by atoms with Gasteiger partial charge in [0.2, 0.25) is 11.6 Å². The average molecular weight is 396 g/mol. The third-order valence-electron chi connectivity index (χ3n) is 6.27. The number of benzene rings is 2. The Kier molecular flexibility index (Phi) is 3.40. The van der Waals surface area contributed by atoms with Gasteiger partial charge in [0, 0.05) is 26.4 Å². The maximum atomic E-state index is 12.6. The number of rotatable bonds is 3. The summed E-state index contributed by atoms with van der Waals surface area (Å²) in [6, 6.07) is 9.01. The lowest BCUT2D eigenvalue weighted by molar-refractivity contribution is -0.367. The van der Waals surface area contributed by atoms with Gasteiger partial charge in [-0.05, 0) is 30.2 Å². The number of aromatic hydroxyl groups is 1. The molecule has 7 nitrogen and oxygen atoms in total. The van der Waals surface area contributed by atoms with Crippen LogP contribution in [0.3, 0.4) is 0 Å². The summed E-state index contributed by atoms with van der Waals surface area (Å²) in [6.07, 6.45) is 1.71. The third kappa shape index (κ3) is 2.15. The number of ether oxygens (including phenoxy) is 5. The lowest BCUT2D eigenvalue weighted by Gasteiger charge is -2.55. The first kappa shape index (κ1) is 17.3. The summed E-state index contributed by atoms with van der Waals surface area (Å²) in [4.78, 5) is 12.6. The molecule has 2 aromatic carbocycles. The second-order valence-corrected chi connectivity index (χ2v) is 7.89. The number of phenolic OH excluding ortho intramolecular Hbond substituents is 1. The summed E-state index contributed by atoms with van der Waals surface area (Å²) in [5, 5.41) is 10.4. The Hall–Kier alpha value is -2.61. The number of ketones is 1. The molecule has 2 heterocycles. The largest absolute Gasteiger partial charge is 0.507 e. The van der Waals surface area contributed by atoms with Crippen LogP contribution in [0.25, 0.3) is 0 Å². The van der Waals surface area contributed by atoms with E-state index < -0.39 is 11.6 Å². The van der Waals surface area contributed by atoms with Crippen molar-refractivity contribution in [2.45, 2.75) is 43.4 Å². The molecule has 2 spiro atoms. The fourth-order valence-electron chi connectivity index (χ4n) is 5.15. The van der Waals surface area contributed by atoms with Crippen molar-refractivity contribution >= 4 is 5.78 Å². The monoisotopic (exact) mass is 396 g/mol. The maximum Gasteiger partial charge on any atom is 0.245 e. The van der Waals surface area contributed by atoms with E-state index in [1.807, 2.05) is 18.2 Å². The van der Waals surface area contributed by atoms with Crippen molar-refractivity contribution < 1.29 is 33.6 Å². The molecule has 0 fully saturated rings. The number of Topliss-reactive ketones (excluding diaryl/α,β-unsaturated/α-hetero) is 1. The van der Waals surface area contributed by atoms with E-state index in [1.165, 1.54) is 6.07 Å². The van der Waals surface area contributed by atoms with E-state index in [2.05, 4.69) is 0 Å². The highest BCUT2D eigenvalue weighted by atomic mass is 16.8. The molecule has 0 radical (unpaired) electrons. The quantitative estimate of drug-likeness (QED) is 0.793. The van der Waals surface area contributed by atoms with Crippen LogP contribution in [0.15, 0.2) is 30.3 Å². The van der Waals surface area contributed by atoms with Crippen molar-refractivity contribution in [3.8, 4) is 17.2 Å². The van der Waals surface area contributed by atoms with Gasteiger partial charge in [-0.3, -0.25) is 9.53 Å². The predicted octanol–water partition coefficient (Wildman–Crippen LogP) is 3.63. The second-order valence-electron chi connectivity index (χ2n) is 7.89. The van der Waals surface area contributed by atoms with E-state index in [4.69, 9.17) is 23.7 Å². The third-order valence-corrected chi connectivity index (χ3v) is 6.27. The molecule has 0 saturated heterocycles. The summed E-state index contributed by atoms with van der Waals surface area (Å²) >= 11 is 0. The molecular formula is C22H20O7. The maximum absolute atomic E-state index is 12.6. The minimum atomic E-state index is -1.15. The molecule has 7 heteroatoms. The fraction of sp³-hybridized carbons (Fsp3) is 0.409. The van der Waals surface area contributed by atoms with Gasteiger partial charge >= 0.3 is 0 Å². The Morgan fingerprint density at radius 2 is 1.90 bits per heavy atom. The van der Waals surface area contributed by atoms with Gasteiger partial charge in [0.05, 0.1) is 22.8 Å². The Balaban J connectivity index is 1.57. The van der Waals surface area contributed by atoms with Gasteiger partial charge in [-0.15, -0.1) is 0 Å². The number of methoxy groups -OCH3 is 1. The van der Waals surface area contributed by atoms with Crippen LogP contribution in [0.2, 0.25) is 0 Å². The number of phenols is 1. The molecule has 2 bridgehead atoms. The van der Waals surface area contributed by atoms with Crippen LogP contribution in [-0.4, -0.2) is 24.8 Å². The molecule has 2 aromatic rings. The van der Waals surface area contributed by atoms with E-state index in [0.717, 1.165) is 11.1 Å². The van der Waals surface area contributed by atoms with Gasteiger partial charge in [-0.25, -0.2) is 0 Å². The SMILES string of the molecule is COCO[C@H]1CC[C@]23Oc4ccc(O)c5c4[C@](CCC5=O)(Oc4cccc1c42)O3. The van der Waals surface area contributed by atoms with E-state index in [1.54, 1.807) is 13.2 Å². The molecule has 2 aliphatic heterocycles. The van der Waals surface area contributed by atoms with E-state index in [-0.39, 0.29) is 36.4 Å². The van der Waals surface area contributed by atoms with Crippen LogP contribution in [-0.2, 0) is 25.8 Å². The first-order chi connectivity index (χ1) is 14.1. The van der Waals surface area contributed by atoms with Gasteiger partial charge in [0.15, 0.2) is 5.78 Å². The zero-order valence-electron chi connectivity index (χ0n) is 15.9. The molecule has 150 valence electrons. The van der Waals surface area contributed by atoms with Gasteiger partial charge in [0.1, 0.15) is 24.0 Å². The van der Waals surface area contributed by atoms with Crippen molar-refractivity contribution in [3.63, 3.8) is 0 Å². The number of hydrogen-bond donors (Lipinski definition) is 1. The van der Waals surface area contributed by atoms with Crippen LogP contribution >= 0.6 is 0 Å². The summed E-state index contributed by atoms with van der Waals surface area (Å²) in [7, 11) is 1.60. The van der Waals surface area contributed by atoms with Gasteiger partial charge < -0.3 is 24.1 Å². The first-order valence-corrected chi connectivity index (χ1v) is 9.79. The molecule has 0 unspecified atom stereocenters. The second kappa shape index (κ2) is 5.72. The molecule has 29 heavy (non-hydrogen) atoms. The standard InChI is InChI=1S/C22H20O7/c1-25-11-26-15-8-10-21-19-12(15)3-2-4-16(19)27-22(29-21)9-7-14(24)18-13(23)5-6-17(28-21)20(18)22/h2-6,15,23H,7-11H2,1H3/t15-,21+,22+/m0/s1. The minimum absolute atomic E-state index is 0.0733. The Bertz CT molecular complexity index is 1050. The molecule has 0 amide bonds. The summed E-state index contributed by atoms with van der Waals surface area (Å²) in [5.41, 5.74) is 2.51. The predicted molar refractivity (Wildman–Crippen MR) is 98.7 cm³/mol. The summed E-state index contributed by atoms with van der Waals surface area (Å²) in [6.45, 7) is 0.196. The van der Waals surface area contributed by atoms with E-state index in [9.17, 15) is 9.90 Å². The topological polar surface area (TPSA) is 83.5 Å². The zero-order chi connectivity index (χ0) is 19.8. The lowest BCUT2D eigenvalue weighted by atomic mass is 9.78. The van der Waals surface area contributed by atoms with E-state index in [0.29, 0.717) is 36.3 Å². The Morgan fingerprint density at radius 1 is 1.10 bits per heavy atom. The van der Waals surface area contributed by atoms with Crippen LogP contribution in [0, 0.1) is 0 Å².